The van der Waals surface area contributed by atoms with Gasteiger partial charge in [0.15, 0.2) is 0 Å². The van der Waals surface area contributed by atoms with Crippen LogP contribution in [0.25, 0.3) is 0 Å². The van der Waals surface area contributed by atoms with Crippen molar-refractivity contribution in [3.8, 4) is 5.75 Å². The van der Waals surface area contributed by atoms with Crippen LogP contribution in [0.5, 0.6) is 5.75 Å². The summed E-state index contributed by atoms with van der Waals surface area (Å²) in [6, 6.07) is 8.56. The molecule has 1 N–H and O–H groups in total. The monoisotopic (exact) mass is 273 g/mol. The van der Waals surface area contributed by atoms with E-state index in [4.69, 9.17) is 4.74 Å². The molecular weight excluding hydrogens is 250 g/mol. The van der Waals surface area contributed by atoms with Crippen molar-refractivity contribution in [1.29, 1.82) is 0 Å². The topological polar surface area (TPSA) is 39.1 Å². The largest absolute Gasteiger partial charge is 0.494 e. The highest BCUT2D eigenvalue weighted by atomic mass is 16.5. The van der Waals surface area contributed by atoms with E-state index in [1.54, 1.807) is 0 Å². The maximum atomic E-state index is 5.46. The predicted octanol–water partition coefficient (Wildman–Crippen LogP) is 2.98. The fourth-order valence-corrected chi connectivity index (χ4v) is 2.22. The molecule has 1 heterocycles. The number of benzene rings is 1. The van der Waals surface area contributed by atoms with Gasteiger partial charge in [-0.2, -0.15) is 5.10 Å². The van der Waals surface area contributed by atoms with Gasteiger partial charge in [-0.15, -0.1) is 0 Å². The Morgan fingerprint density at radius 3 is 2.55 bits per heavy atom. The quantitative estimate of drug-likeness (QED) is 0.879. The molecule has 4 nitrogen and oxygen atoms in total. The second kappa shape index (κ2) is 6.57. The van der Waals surface area contributed by atoms with Gasteiger partial charge in [0.1, 0.15) is 5.75 Å². The van der Waals surface area contributed by atoms with Crippen molar-refractivity contribution in [3.05, 3.63) is 47.3 Å². The van der Waals surface area contributed by atoms with Gasteiger partial charge in [-0.05, 0) is 38.5 Å². The van der Waals surface area contributed by atoms with Crippen LogP contribution < -0.4 is 10.1 Å². The van der Waals surface area contributed by atoms with Gasteiger partial charge in [-0.25, -0.2) is 0 Å². The van der Waals surface area contributed by atoms with Crippen molar-refractivity contribution < 1.29 is 4.74 Å². The summed E-state index contributed by atoms with van der Waals surface area (Å²) in [4.78, 5) is 0. The SMILES string of the molecule is CCOc1ccc(C(C)NCc2cn(C)nc2C)cc1. The van der Waals surface area contributed by atoms with Crippen LogP contribution in [0.1, 0.15) is 36.7 Å². The summed E-state index contributed by atoms with van der Waals surface area (Å²) in [6.07, 6.45) is 2.06. The molecule has 0 fully saturated rings. The Morgan fingerprint density at radius 1 is 1.30 bits per heavy atom. The zero-order valence-corrected chi connectivity index (χ0v) is 12.7. The second-order valence-corrected chi connectivity index (χ2v) is 5.02. The van der Waals surface area contributed by atoms with Crippen molar-refractivity contribution in [3.63, 3.8) is 0 Å². The molecule has 0 spiro atoms. The van der Waals surface area contributed by atoms with Gasteiger partial charge >= 0.3 is 0 Å². The number of ether oxygens (including phenoxy) is 1. The average molecular weight is 273 g/mol. The van der Waals surface area contributed by atoms with E-state index < -0.39 is 0 Å². The summed E-state index contributed by atoms with van der Waals surface area (Å²) in [5.41, 5.74) is 3.58. The molecule has 1 atom stereocenters. The molecule has 0 amide bonds. The normalized spacial score (nSPS) is 12.4. The van der Waals surface area contributed by atoms with E-state index in [1.807, 2.05) is 37.7 Å². The number of rotatable bonds is 6. The minimum atomic E-state index is 0.297. The number of nitrogens with one attached hydrogen (secondary N) is 1. The Labute approximate surface area is 120 Å². The van der Waals surface area contributed by atoms with E-state index in [1.165, 1.54) is 11.1 Å². The summed E-state index contributed by atoms with van der Waals surface area (Å²) in [6.45, 7) is 7.73. The van der Waals surface area contributed by atoms with E-state index in [2.05, 4.69) is 35.7 Å². The summed E-state index contributed by atoms with van der Waals surface area (Å²) in [5.74, 6) is 0.923. The zero-order chi connectivity index (χ0) is 14.5. The molecule has 1 aromatic carbocycles. The maximum Gasteiger partial charge on any atom is 0.119 e. The van der Waals surface area contributed by atoms with E-state index in [-0.39, 0.29) is 0 Å². The maximum absolute atomic E-state index is 5.46. The molecular formula is C16H23N3O. The van der Waals surface area contributed by atoms with Crippen LogP contribution in [-0.2, 0) is 13.6 Å². The van der Waals surface area contributed by atoms with Crippen LogP contribution in [0.2, 0.25) is 0 Å². The Hall–Kier alpha value is -1.81. The van der Waals surface area contributed by atoms with Crippen molar-refractivity contribution in [2.24, 2.45) is 7.05 Å². The fraction of sp³-hybridized carbons (Fsp3) is 0.438. The van der Waals surface area contributed by atoms with Crippen molar-refractivity contribution >= 4 is 0 Å². The molecule has 2 rings (SSSR count). The Morgan fingerprint density at radius 2 is 2.00 bits per heavy atom. The van der Waals surface area contributed by atoms with Crippen LogP contribution in [-0.4, -0.2) is 16.4 Å². The van der Waals surface area contributed by atoms with Crippen molar-refractivity contribution in [2.45, 2.75) is 33.4 Å². The van der Waals surface area contributed by atoms with Crippen LogP contribution in [0.3, 0.4) is 0 Å². The van der Waals surface area contributed by atoms with Crippen molar-refractivity contribution in [2.75, 3.05) is 6.61 Å². The first-order valence-electron chi connectivity index (χ1n) is 7.05. The number of hydrogen-bond acceptors (Lipinski definition) is 3. The summed E-state index contributed by atoms with van der Waals surface area (Å²) in [7, 11) is 1.95. The smallest absolute Gasteiger partial charge is 0.119 e. The zero-order valence-electron chi connectivity index (χ0n) is 12.7. The first-order valence-corrected chi connectivity index (χ1v) is 7.05. The lowest BCUT2D eigenvalue weighted by Crippen LogP contribution is -2.18. The molecule has 1 unspecified atom stereocenters. The molecule has 4 heteroatoms. The van der Waals surface area contributed by atoms with Crippen LogP contribution in [0.15, 0.2) is 30.5 Å². The third kappa shape index (κ3) is 3.61. The number of nitrogens with zero attached hydrogens (tertiary/aromatic N) is 2. The van der Waals surface area contributed by atoms with Gasteiger partial charge in [0.05, 0.1) is 12.3 Å². The minimum absolute atomic E-state index is 0.297. The summed E-state index contributed by atoms with van der Waals surface area (Å²) >= 11 is 0. The Kier molecular flexibility index (Phi) is 4.79. The van der Waals surface area contributed by atoms with E-state index in [0.29, 0.717) is 12.6 Å². The molecule has 0 bridgehead atoms. The minimum Gasteiger partial charge on any atom is -0.494 e. The summed E-state index contributed by atoms with van der Waals surface area (Å²) in [5, 5.41) is 7.88. The standard InChI is InChI=1S/C16H23N3O/c1-5-20-16-8-6-14(7-9-16)12(2)17-10-15-11-19(4)18-13(15)3/h6-9,11-12,17H,5,10H2,1-4H3. The Balaban J connectivity index is 1.94. The highest BCUT2D eigenvalue weighted by Gasteiger charge is 2.08. The van der Waals surface area contributed by atoms with Gasteiger partial charge in [0.2, 0.25) is 0 Å². The molecule has 0 aliphatic carbocycles. The highest BCUT2D eigenvalue weighted by molar-refractivity contribution is 5.29. The van der Waals surface area contributed by atoms with Gasteiger partial charge in [-0.1, -0.05) is 12.1 Å². The van der Waals surface area contributed by atoms with E-state index in [0.717, 1.165) is 18.0 Å². The first-order chi connectivity index (χ1) is 9.60. The third-order valence-electron chi connectivity index (χ3n) is 3.40. The molecule has 20 heavy (non-hydrogen) atoms. The average Bonchev–Trinajstić information content (AvgIpc) is 2.75. The third-order valence-corrected chi connectivity index (χ3v) is 3.40. The second-order valence-electron chi connectivity index (χ2n) is 5.02. The Bertz CT molecular complexity index is 545. The molecule has 0 saturated carbocycles. The van der Waals surface area contributed by atoms with E-state index >= 15 is 0 Å². The molecule has 1 aromatic heterocycles. The van der Waals surface area contributed by atoms with E-state index in [9.17, 15) is 0 Å². The molecule has 2 aromatic rings. The molecule has 0 saturated heterocycles. The fourth-order valence-electron chi connectivity index (χ4n) is 2.22. The molecule has 0 aliphatic heterocycles. The number of aryl methyl sites for hydroxylation is 2. The van der Waals surface area contributed by atoms with Crippen LogP contribution >= 0.6 is 0 Å². The molecule has 0 radical (unpaired) electrons. The number of aromatic nitrogens is 2. The first kappa shape index (κ1) is 14.6. The van der Waals surface area contributed by atoms with Gasteiger partial charge in [0.25, 0.3) is 0 Å². The summed E-state index contributed by atoms with van der Waals surface area (Å²) < 4.78 is 7.31. The lowest BCUT2D eigenvalue weighted by molar-refractivity contribution is 0.340. The van der Waals surface area contributed by atoms with Gasteiger partial charge < -0.3 is 10.1 Å². The van der Waals surface area contributed by atoms with Gasteiger partial charge in [0, 0.05) is 31.4 Å². The van der Waals surface area contributed by atoms with Crippen LogP contribution in [0, 0.1) is 6.92 Å². The highest BCUT2D eigenvalue weighted by Crippen LogP contribution is 2.18. The lowest BCUT2D eigenvalue weighted by Gasteiger charge is -2.14. The van der Waals surface area contributed by atoms with Crippen LogP contribution in [0.4, 0.5) is 0 Å². The molecule has 0 aliphatic rings. The number of hydrogen-bond donors (Lipinski definition) is 1. The predicted molar refractivity (Wildman–Crippen MR) is 80.8 cm³/mol. The molecule has 108 valence electrons. The van der Waals surface area contributed by atoms with Gasteiger partial charge in [-0.3, -0.25) is 4.68 Å². The lowest BCUT2D eigenvalue weighted by atomic mass is 10.1. The van der Waals surface area contributed by atoms with Crippen molar-refractivity contribution in [1.82, 2.24) is 15.1 Å².